The van der Waals surface area contributed by atoms with E-state index in [0.717, 1.165) is 36.8 Å². The van der Waals surface area contributed by atoms with E-state index in [1.54, 1.807) is 16.7 Å². The number of anilines is 1. The number of benzene rings is 1. The highest BCUT2D eigenvalue weighted by Crippen LogP contribution is 2.43. The lowest BCUT2D eigenvalue weighted by Gasteiger charge is -2.25. The van der Waals surface area contributed by atoms with Gasteiger partial charge in [0, 0.05) is 6.04 Å². The number of hydrogen-bond acceptors (Lipinski definition) is 7. The molecule has 0 bridgehead atoms. The summed E-state index contributed by atoms with van der Waals surface area (Å²) >= 11 is 0. The van der Waals surface area contributed by atoms with Crippen LogP contribution in [0.5, 0.6) is 0 Å². The Labute approximate surface area is 170 Å². The smallest absolute Gasteiger partial charge is 0.399 e. The van der Waals surface area contributed by atoms with Crippen LogP contribution in [0.3, 0.4) is 0 Å². The van der Waals surface area contributed by atoms with Crippen molar-refractivity contribution in [2.75, 3.05) is 5.73 Å². The maximum Gasteiger partial charge on any atom is 0.399 e. The van der Waals surface area contributed by atoms with Gasteiger partial charge in [-0.25, -0.2) is 4.98 Å². The van der Waals surface area contributed by atoms with E-state index in [0.29, 0.717) is 11.1 Å². The first kappa shape index (κ1) is 18.3. The monoisotopic (exact) mass is 408 g/mol. The first-order valence-corrected chi connectivity index (χ1v) is 9.88. The Morgan fingerprint density at radius 1 is 1.23 bits per heavy atom. The number of nitrogen functional groups attached to an aromatic ring is 1. The molecule has 0 aliphatic heterocycles. The average molecular weight is 408 g/mol. The maximum atomic E-state index is 13.1. The van der Waals surface area contributed by atoms with E-state index in [4.69, 9.17) is 10.2 Å². The molecule has 5 rings (SSSR count). The van der Waals surface area contributed by atoms with Gasteiger partial charge < -0.3 is 24.8 Å². The van der Waals surface area contributed by atoms with Gasteiger partial charge in [0.05, 0.1) is 17.7 Å². The number of nitrogens with two attached hydrogens (primary N) is 1. The van der Waals surface area contributed by atoms with E-state index < -0.39 is 16.3 Å². The molecule has 154 valence electrons. The number of nitro groups is 1. The molecule has 3 aromatic heterocycles. The second-order valence-corrected chi connectivity index (χ2v) is 7.64. The number of fused-ring (bicyclic) bond motifs is 2. The van der Waals surface area contributed by atoms with Gasteiger partial charge in [-0.3, -0.25) is 4.79 Å². The van der Waals surface area contributed by atoms with Crippen molar-refractivity contribution < 1.29 is 9.34 Å². The van der Waals surface area contributed by atoms with Crippen molar-refractivity contribution in [1.82, 2.24) is 19.3 Å². The molecule has 2 N–H and O–H groups in total. The van der Waals surface area contributed by atoms with Crippen LogP contribution < -0.4 is 11.3 Å². The third kappa shape index (κ3) is 2.60. The molecule has 1 aliphatic carbocycles. The van der Waals surface area contributed by atoms with E-state index in [2.05, 4.69) is 10.1 Å². The van der Waals surface area contributed by atoms with E-state index in [-0.39, 0.29) is 34.2 Å². The lowest BCUT2D eigenvalue weighted by atomic mass is 9.95. The SMILES string of the molecule is Cn1nc([N+](=O)[O-])c2c(-c3nc4ccccc4o3)c(N)n(C3CCCCC3)c2c1=O. The van der Waals surface area contributed by atoms with Gasteiger partial charge in [-0.2, -0.15) is 0 Å². The molecule has 0 atom stereocenters. The van der Waals surface area contributed by atoms with Crippen molar-refractivity contribution in [2.24, 2.45) is 7.05 Å². The number of aryl methyl sites for hydroxylation is 1. The second kappa shape index (κ2) is 6.68. The van der Waals surface area contributed by atoms with E-state index in [1.165, 1.54) is 7.05 Å². The molecule has 10 heteroatoms. The third-order valence-electron chi connectivity index (χ3n) is 5.83. The minimum atomic E-state index is -0.599. The highest BCUT2D eigenvalue weighted by molar-refractivity contribution is 6.05. The van der Waals surface area contributed by atoms with Gasteiger partial charge in [0.25, 0.3) is 0 Å². The summed E-state index contributed by atoms with van der Waals surface area (Å²) in [6.45, 7) is 0. The van der Waals surface area contributed by atoms with Gasteiger partial charge in [-0.05, 0) is 29.9 Å². The Morgan fingerprint density at radius 3 is 2.67 bits per heavy atom. The number of oxazole rings is 1. The summed E-state index contributed by atoms with van der Waals surface area (Å²) in [5.41, 5.74) is 7.69. The predicted octanol–water partition coefficient (Wildman–Crippen LogP) is 3.54. The van der Waals surface area contributed by atoms with Gasteiger partial charge >= 0.3 is 11.4 Å². The molecular weight excluding hydrogens is 388 g/mol. The zero-order valence-corrected chi connectivity index (χ0v) is 16.4. The van der Waals surface area contributed by atoms with E-state index in [1.807, 2.05) is 12.1 Å². The van der Waals surface area contributed by atoms with Gasteiger partial charge in [-0.15, -0.1) is 4.68 Å². The van der Waals surface area contributed by atoms with E-state index >= 15 is 0 Å². The molecule has 1 fully saturated rings. The van der Waals surface area contributed by atoms with Gasteiger partial charge in [-0.1, -0.05) is 31.4 Å². The number of para-hydroxylation sites is 2. The fourth-order valence-corrected chi connectivity index (χ4v) is 4.47. The number of aromatic nitrogens is 4. The molecule has 4 aromatic rings. The normalized spacial score (nSPS) is 15.2. The Hall–Kier alpha value is -3.69. The van der Waals surface area contributed by atoms with Crippen LogP contribution in [-0.2, 0) is 7.05 Å². The quantitative estimate of drug-likeness (QED) is 0.404. The summed E-state index contributed by atoms with van der Waals surface area (Å²) in [5.74, 6) is -0.0475. The zero-order chi connectivity index (χ0) is 21.0. The zero-order valence-electron chi connectivity index (χ0n) is 16.4. The lowest BCUT2D eigenvalue weighted by molar-refractivity contribution is -0.388. The summed E-state index contributed by atoms with van der Waals surface area (Å²) in [5, 5.41) is 15.8. The van der Waals surface area contributed by atoms with Crippen LogP contribution in [0.25, 0.3) is 33.5 Å². The fraction of sp³-hybridized carbons (Fsp3) is 0.350. The largest absolute Gasteiger partial charge is 0.436 e. The van der Waals surface area contributed by atoms with Crippen LogP contribution in [-0.4, -0.2) is 24.3 Å². The van der Waals surface area contributed by atoms with Crippen molar-refractivity contribution in [2.45, 2.75) is 38.1 Å². The summed E-state index contributed by atoms with van der Waals surface area (Å²) in [6, 6.07) is 7.15. The summed E-state index contributed by atoms with van der Waals surface area (Å²) in [4.78, 5) is 28.8. The molecule has 1 aromatic carbocycles. The summed E-state index contributed by atoms with van der Waals surface area (Å²) in [6.07, 6.45) is 4.83. The number of nitrogens with zero attached hydrogens (tertiary/aromatic N) is 5. The molecule has 0 spiro atoms. The van der Waals surface area contributed by atoms with Gasteiger partial charge in [0.15, 0.2) is 5.58 Å². The molecule has 1 aliphatic rings. The van der Waals surface area contributed by atoms with Crippen LogP contribution in [0.1, 0.15) is 38.1 Å². The topological polar surface area (TPSA) is 135 Å². The second-order valence-electron chi connectivity index (χ2n) is 7.64. The van der Waals surface area contributed by atoms with Crippen molar-refractivity contribution >= 4 is 33.6 Å². The van der Waals surface area contributed by atoms with Gasteiger partial charge in [0.1, 0.15) is 22.2 Å². The minimum absolute atomic E-state index is 0.0194. The average Bonchev–Trinajstić information content (AvgIpc) is 3.29. The minimum Gasteiger partial charge on any atom is -0.436 e. The van der Waals surface area contributed by atoms with E-state index in [9.17, 15) is 14.9 Å². The van der Waals surface area contributed by atoms with Crippen LogP contribution in [0.15, 0.2) is 33.5 Å². The summed E-state index contributed by atoms with van der Waals surface area (Å²) < 4.78 is 8.63. The van der Waals surface area contributed by atoms with Crippen molar-refractivity contribution in [3.05, 3.63) is 44.7 Å². The maximum absolute atomic E-state index is 13.1. The first-order valence-electron chi connectivity index (χ1n) is 9.88. The highest BCUT2D eigenvalue weighted by Gasteiger charge is 2.34. The molecular formula is C20H20N6O4. The van der Waals surface area contributed by atoms with Gasteiger partial charge in [0.2, 0.25) is 5.89 Å². The Morgan fingerprint density at radius 2 is 1.97 bits per heavy atom. The van der Waals surface area contributed by atoms with Crippen LogP contribution in [0, 0.1) is 10.1 Å². The van der Waals surface area contributed by atoms with Crippen LogP contribution in [0.2, 0.25) is 0 Å². The Kier molecular flexibility index (Phi) is 4.09. The Balaban J connectivity index is 1.92. The Bertz CT molecular complexity index is 1330. The van der Waals surface area contributed by atoms with Crippen molar-refractivity contribution in [3.8, 4) is 11.5 Å². The van der Waals surface area contributed by atoms with Crippen molar-refractivity contribution in [3.63, 3.8) is 0 Å². The molecule has 1 saturated carbocycles. The standard InChI is InChI=1S/C20H20N6O4/c1-24-20(27)16-14(18(23-24)26(28)29)15(17(21)25(16)11-7-3-2-4-8-11)19-22-12-9-5-6-10-13(12)30-19/h5-6,9-11H,2-4,7-8,21H2,1H3. The van der Waals surface area contributed by atoms with Crippen LogP contribution >= 0.6 is 0 Å². The number of hydrogen-bond donors (Lipinski definition) is 1. The summed E-state index contributed by atoms with van der Waals surface area (Å²) in [7, 11) is 1.41. The molecule has 0 radical (unpaired) electrons. The fourth-order valence-electron chi connectivity index (χ4n) is 4.47. The third-order valence-corrected chi connectivity index (χ3v) is 5.83. The highest BCUT2D eigenvalue weighted by atomic mass is 16.6. The first-order chi connectivity index (χ1) is 14.5. The molecule has 3 heterocycles. The number of rotatable bonds is 3. The predicted molar refractivity (Wildman–Crippen MR) is 111 cm³/mol. The molecule has 0 amide bonds. The molecule has 0 unspecified atom stereocenters. The molecule has 10 nitrogen and oxygen atoms in total. The molecule has 30 heavy (non-hydrogen) atoms. The van der Waals surface area contributed by atoms with Crippen molar-refractivity contribution in [1.29, 1.82) is 0 Å². The van der Waals surface area contributed by atoms with Crippen LogP contribution in [0.4, 0.5) is 11.6 Å². The lowest BCUT2D eigenvalue weighted by Crippen LogP contribution is -2.25. The molecule has 0 saturated heterocycles.